The third-order valence-electron chi connectivity index (χ3n) is 3.97. The van der Waals surface area contributed by atoms with Crippen LogP contribution >= 0.6 is 0 Å². The number of methoxy groups -OCH3 is 1. The first-order valence-corrected chi connectivity index (χ1v) is 7.39. The number of rotatable bonds is 4. The van der Waals surface area contributed by atoms with Gasteiger partial charge in [-0.15, -0.1) is 0 Å². The zero-order valence-electron chi connectivity index (χ0n) is 13.6. The van der Waals surface area contributed by atoms with E-state index in [1.807, 2.05) is 0 Å². The molecule has 0 aliphatic heterocycles. The Bertz CT molecular complexity index is 785. The molecule has 1 aliphatic rings. The van der Waals surface area contributed by atoms with Gasteiger partial charge in [-0.3, -0.25) is 14.2 Å². The lowest BCUT2D eigenvalue weighted by atomic mass is 10.2. The van der Waals surface area contributed by atoms with Gasteiger partial charge in [0.15, 0.2) is 5.69 Å². The number of hydrogen-bond acceptors (Lipinski definition) is 5. The molecule has 1 N–H and O–H groups in total. The number of nitrogens with zero attached hydrogens (tertiary/aromatic N) is 4. The van der Waals surface area contributed by atoms with Gasteiger partial charge in [-0.2, -0.15) is 10.2 Å². The van der Waals surface area contributed by atoms with Gasteiger partial charge in [-0.05, 0) is 25.8 Å². The van der Waals surface area contributed by atoms with E-state index in [1.54, 1.807) is 31.8 Å². The van der Waals surface area contributed by atoms with Gasteiger partial charge in [0.1, 0.15) is 5.69 Å². The number of aromatic nitrogens is 4. The third kappa shape index (κ3) is 2.71. The van der Waals surface area contributed by atoms with Gasteiger partial charge < -0.3 is 10.1 Å². The van der Waals surface area contributed by atoms with E-state index in [0.717, 1.165) is 18.5 Å². The molecule has 0 saturated heterocycles. The van der Waals surface area contributed by atoms with E-state index in [9.17, 15) is 9.59 Å². The molecule has 1 fully saturated rings. The summed E-state index contributed by atoms with van der Waals surface area (Å²) in [6.07, 6.45) is 2.23. The van der Waals surface area contributed by atoms with Crippen LogP contribution in [0.4, 0.5) is 5.69 Å². The number of anilines is 1. The standard InChI is InChI=1S/C15H19N5O3/c1-8-12(13(15(22)23-4)20(3)17-8)16-14(21)11-7-10(9-5-6-9)18-19(11)2/h7,9H,5-6H2,1-4H3,(H,16,21). The highest BCUT2D eigenvalue weighted by molar-refractivity contribution is 6.07. The fourth-order valence-corrected chi connectivity index (χ4v) is 2.60. The fourth-order valence-electron chi connectivity index (χ4n) is 2.60. The maximum atomic E-state index is 12.6. The Morgan fingerprint density at radius 2 is 1.96 bits per heavy atom. The maximum absolute atomic E-state index is 12.6. The topological polar surface area (TPSA) is 91.0 Å². The highest BCUT2D eigenvalue weighted by atomic mass is 16.5. The Kier molecular flexibility index (Phi) is 3.67. The van der Waals surface area contributed by atoms with Gasteiger partial charge in [0.2, 0.25) is 0 Å². The molecule has 2 aromatic heterocycles. The number of esters is 1. The molecule has 2 aromatic rings. The summed E-state index contributed by atoms with van der Waals surface area (Å²) in [5.41, 5.74) is 2.51. The first-order chi connectivity index (χ1) is 10.9. The molecule has 1 aliphatic carbocycles. The van der Waals surface area contributed by atoms with E-state index in [4.69, 9.17) is 4.74 Å². The van der Waals surface area contributed by atoms with E-state index in [1.165, 1.54) is 11.8 Å². The number of carbonyl (C=O) groups is 2. The third-order valence-corrected chi connectivity index (χ3v) is 3.97. The molecule has 0 aromatic carbocycles. The summed E-state index contributed by atoms with van der Waals surface area (Å²) in [5, 5.41) is 11.3. The van der Waals surface area contributed by atoms with Crippen molar-refractivity contribution in [3.63, 3.8) is 0 Å². The summed E-state index contributed by atoms with van der Waals surface area (Å²) in [6, 6.07) is 1.80. The van der Waals surface area contributed by atoms with E-state index in [0.29, 0.717) is 23.0 Å². The Hall–Kier alpha value is -2.64. The van der Waals surface area contributed by atoms with Crippen LogP contribution in [-0.4, -0.2) is 38.5 Å². The molecule has 8 nitrogen and oxygen atoms in total. The lowest BCUT2D eigenvalue weighted by molar-refractivity contribution is 0.0589. The van der Waals surface area contributed by atoms with Crippen LogP contribution in [0.15, 0.2) is 6.07 Å². The van der Waals surface area contributed by atoms with E-state index < -0.39 is 5.97 Å². The molecule has 0 bridgehead atoms. The lowest BCUT2D eigenvalue weighted by Crippen LogP contribution is -2.19. The summed E-state index contributed by atoms with van der Waals surface area (Å²) < 4.78 is 7.72. The number of amides is 1. The second-order valence-corrected chi connectivity index (χ2v) is 5.73. The van der Waals surface area contributed by atoms with Gasteiger partial charge in [0, 0.05) is 20.0 Å². The smallest absolute Gasteiger partial charge is 0.358 e. The predicted molar refractivity (Wildman–Crippen MR) is 82.4 cm³/mol. The van der Waals surface area contributed by atoms with Gasteiger partial charge in [-0.1, -0.05) is 0 Å². The number of hydrogen-bond donors (Lipinski definition) is 1. The van der Waals surface area contributed by atoms with Crippen molar-refractivity contribution < 1.29 is 14.3 Å². The van der Waals surface area contributed by atoms with Crippen molar-refractivity contribution in [2.75, 3.05) is 12.4 Å². The van der Waals surface area contributed by atoms with Crippen molar-refractivity contribution in [1.82, 2.24) is 19.6 Å². The van der Waals surface area contributed by atoms with Crippen LogP contribution in [0, 0.1) is 6.92 Å². The molecule has 2 heterocycles. The van der Waals surface area contributed by atoms with Crippen LogP contribution in [0.25, 0.3) is 0 Å². The number of nitrogens with one attached hydrogen (secondary N) is 1. The molecule has 3 rings (SSSR count). The Balaban J connectivity index is 1.90. The monoisotopic (exact) mass is 317 g/mol. The molecule has 0 atom stereocenters. The maximum Gasteiger partial charge on any atom is 0.358 e. The Morgan fingerprint density at radius 1 is 1.26 bits per heavy atom. The normalized spacial score (nSPS) is 13.9. The van der Waals surface area contributed by atoms with Crippen molar-refractivity contribution in [3.05, 3.63) is 28.8 Å². The molecule has 23 heavy (non-hydrogen) atoms. The first kappa shape index (κ1) is 15.3. The minimum atomic E-state index is -0.549. The van der Waals surface area contributed by atoms with E-state index in [2.05, 4.69) is 15.5 Å². The molecular weight excluding hydrogens is 298 g/mol. The quantitative estimate of drug-likeness (QED) is 0.860. The average Bonchev–Trinajstić information content (AvgIpc) is 3.22. The zero-order valence-corrected chi connectivity index (χ0v) is 13.6. The van der Waals surface area contributed by atoms with Crippen molar-refractivity contribution in [3.8, 4) is 0 Å². The number of ether oxygens (including phenoxy) is 1. The van der Waals surface area contributed by atoms with Gasteiger partial charge >= 0.3 is 5.97 Å². The predicted octanol–water partition coefficient (Wildman–Crippen LogP) is 1.38. The highest BCUT2D eigenvalue weighted by Crippen LogP contribution is 2.39. The van der Waals surface area contributed by atoms with Crippen molar-refractivity contribution in [2.24, 2.45) is 14.1 Å². The molecule has 0 spiro atoms. The minimum Gasteiger partial charge on any atom is -0.464 e. The highest BCUT2D eigenvalue weighted by Gasteiger charge is 2.29. The average molecular weight is 317 g/mol. The van der Waals surface area contributed by atoms with Crippen LogP contribution < -0.4 is 5.32 Å². The number of aryl methyl sites for hydroxylation is 3. The Morgan fingerprint density at radius 3 is 2.57 bits per heavy atom. The molecule has 1 amide bonds. The van der Waals surface area contributed by atoms with Gasteiger partial charge in [0.25, 0.3) is 5.91 Å². The van der Waals surface area contributed by atoms with Crippen LogP contribution in [0.3, 0.4) is 0 Å². The number of carbonyl (C=O) groups excluding carboxylic acids is 2. The van der Waals surface area contributed by atoms with Crippen molar-refractivity contribution >= 4 is 17.6 Å². The van der Waals surface area contributed by atoms with Gasteiger partial charge in [-0.25, -0.2) is 4.79 Å². The van der Waals surface area contributed by atoms with Crippen molar-refractivity contribution in [1.29, 1.82) is 0 Å². The van der Waals surface area contributed by atoms with Gasteiger partial charge in [0.05, 0.1) is 24.2 Å². The molecule has 122 valence electrons. The Labute approximate surface area is 133 Å². The molecular formula is C15H19N5O3. The minimum absolute atomic E-state index is 0.211. The fraction of sp³-hybridized carbons (Fsp3) is 0.467. The SMILES string of the molecule is COC(=O)c1c(NC(=O)c2cc(C3CC3)nn2C)c(C)nn1C. The summed E-state index contributed by atoms with van der Waals surface area (Å²) in [7, 11) is 4.65. The van der Waals surface area contributed by atoms with Crippen LogP contribution in [-0.2, 0) is 18.8 Å². The zero-order chi connectivity index (χ0) is 16.7. The second kappa shape index (κ2) is 5.53. The lowest BCUT2D eigenvalue weighted by Gasteiger charge is -2.07. The first-order valence-electron chi connectivity index (χ1n) is 7.39. The second-order valence-electron chi connectivity index (χ2n) is 5.73. The van der Waals surface area contributed by atoms with Crippen LogP contribution in [0.1, 0.15) is 51.1 Å². The summed E-state index contributed by atoms with van der Waals surface area (Å²) in [6.45, 7) is 1.72. The van der Waals surface area contributed by atoms with E-state index >= 15 is 0 Å². The molecule has 0 radical (unpaired) electrons. The summed E-state index contributed by atoms with van der Waals surface area (Å²) in [5.74, 6) is -0.409. The molecule has 8 heteroatoms. The molecule has 1 saturated carbocycles. The van der Waals surface area contributed by atoms with Crippen LogP contribution in [0.5, 0.6) is 0 Å². The largest absolute Gasteiger partial charge is 0.464 e. The van der Waals surface area contributed by atoms with Crippen LogP contribution in [0.2, 0.25) is 0 Å². The summed E-state index contributed by atoms with van der Waals surface area (Å²) >= 11 is 0. The van der Waals surface area contributed by atoms with E-state index in [-0.39, 0.29) is 11.6 Å². The molecule has 0 unspecified atom stereocenters. The van der Waals surface area contributed by atoms with Crippen molar-refractivity contribution in [2.45, 2.75) is 25.7 Å². The summed E-state index contributed by atoms with van der Waals surface area (Å²) in [4.78, 5) is 24.5.